The summed E-state index contributed by atoms with van der Waals surface area (Å²) >= 11 is 12.3. The van der Waals surface area contributed by atoms with Crippen LogP contribution in [0, 0.1) is 6.92 Å². The number of benzene rings is 2. The summed E-state index contributed by atoms with van der Waals surface area (Å²) in [5.41, 5.74) is 2.03. The van der Waals surface area contributed by atoms with Crippen molar-refractivity contribution in [2.24, 2.45) is 0 Å². The van der Waals surface area contributed by atoms with Crippen LogP contribution >= 0.6 is 23.2 Å². The highest BCUT2D eigenvalue weighted by molar-refractivity contribution is 6.40. The van der Waals surface area contributed by atoms with Crippen molar-refractivity contribution in [2.45, 2.75) is 13.5 Å². The van der Waals surface area contributed by atoms with Gasteiger partial charge in [0.05, 0.1) is 15.7 Å². The molecule has 0 aliphatic rings. The van der Waals surface area contributed by atoms with Crippen LogP contribution in [0.4, 0.5) is 5.69 Å². The molecule has 24 heavy (non-hydrogen) atoms. The zero-order valence-corrected chi connectivity index (χ0v) is 14.2. The lowest BCUT2D eigenvalue weighted by Crippen LogP contribution is -2.21. The van der Waals surface area contributed by atoms with E-state index in [2.05, 4.69) is 20.7 Å². The highest BCUT2D eigenvalue weighted by atomic mass is 35.5. The number of tetrazole rings is 1. The number of nitrogens with zero attached hydrogens (tertiary/aromatic N) is 4. The average Bonchev–Trinajstić information content (AvgIpc) is 3.04. The number of nitrogens with one attached hydrogen (secondary N) is 1. The Morgan fingerprint density at radius 3 is 2.67 bits per heavy atom. The lowest BCUT2D eigenvalue weighted by molar-refractivity contribution is -0.117. The largest absolute Gasteiger partial charge is 0.322 e. The minimum Gasteiger partial charge on any atom is -0.322 e. The average molecular weight is 362 g/mol. The predicted molar refractivity (Wildman–Crippen MR) is 93.1 cm³/mol. The van der Waals surface area contributed by atoms with Crippen molar-refractivity contribution < 1.29 is 4.79 Å². The maximum Gasteiger partial charge on any atom is 0.248 e. The summed E-state index contributed by atoms with van der Waals surface area (Å²) in [4.78, 5) is 13.4. The number of anilines is 1. The highest BCUT2D eigenvalue weighted by Gasteiger charge is 2.14. The number of hydrogen-bond acceptors (Lipinski definition) is 4. The van der Waals surface area contributed by atoms with Crippen molar-refractivity contribution in [3.8, 4) is 11.4 Å². The Labute approximate surface area is 148 Å². The molecule has 1 N–H and O–H groups in total. The standard InChI is InChI=1S/C16H13Cl2N5O/c1-10-7-8-12(17)15(14(10)18)19-13(24)9-23-21-16(20-22-23)11-5-3-2-4-6-11/h2-8H,9H2,1H3,(H,19,24). The van der Waals surface area contributed by atoms with Gasteiger partial charge in [-0.05, 0) is 23.8 Å². The van der Waals surface area contributed by atoms with Gasteiger partial charge in [0.25, 0.3) is 0 Å². The maximum absolute atomic E-state index is 12.2. The molecule has 6 nitrogen and oxygen atoms in total. The third-order valence-electron chi connectivity index (χ3n) is 3.32. The fraction of sp³-hybridized carbons (Fsp3) is 0.125. The van der Waals surface area contributed by atoms with Crippen molar-refractivity contribution in [3.05, 3.63) is 58.1 Å². The molecule has 122 valence electrons. The first-order valence-corrected chi connectivity index (χ1v) is 7.88. The Bertz CT molecular complexity index is 879. The highest BCUT2D eigenvalue weighted by Crippen LogP contribution is 2.32. The minimum atomic E-state index is -0.346. The van der Waals surface area contributed by atoms with E-state index >= 15 is 0 Å². The first kappa shape index (κ1) is 16.4. The number of carbonyl (C=O) groups excluding carboxylic acids is 1. The molecule has 3 aromatic rings. The second-order valence-electron chi connectivity index (χ2n) is 5.11. The van der Waals surface area contributed by atoms with Crippen molar-refractivity contribution in [3.63, 3.8) is 0 Å². The van der Waals surface area contributed by atoms with Crippen LogP contribution in [0.2, 0.25) is 10.0 Å². The zero-order valence-electron chi connectivity index (χ0n) is 12.7. The molecule has 0 fully saturated rings. The Morgan fingerprint density at radius 2 is 1.92 bits per heavy atom. The number of aryl methyl sites for hydroxylation is 1. The van der Waals surface area contributed by atoms with Gasteiger partial charge < -0.3 is 5.32 Å². The van der Waals surface area contributed by atoms with E-state index in [1.807, 2.05) is 37.3 Å². The number of halogens is 2. The van der Waals surface area contributed by atoms with Crippen LogP contribution in [0.3, 0.4) is 0 Å². The van der Waals surface area contributed by atoms with E-state index in [1.54, 1.807) is 12.1 Å². The molecule has 1 heterocycles. The smallest absolute Gasteiger partial charge is 0.248 e. The van der Waals surface area contributed by atoms with Gasteiger partial charge in [-0.15, -0.1) is 10.2 Å². The summed E-state index contributed by atoms with van der Waals surface area (Å²) in [5, 5.41) is 15.5. The van der Waals surface area contributed by atoms with Crippen LogP contribution in [0.15, 0.2) is 42.5 Å². The van der Waals surface area contributed by atoms with Gasteiger partial charge in [-0.3, -0.25) is 4.79 Å². The summed E-state index contributed by atoms with van der Waals surface area (Å²) in [5.74, 6) is 0.108. The molecule has 3 rings (SSSR count). The molecule has 0 saturated heterocycles. The van der Waals surface area contributed by atoms with Crippen molar-refractivity contribution in [1.29, 1.82) is 0 Å². The quantitative estimate of drug-likeness (QED) is 0.770. The molecule has 0 spiro atoms. The number of aromatic nitrogens is 4. The maximum atomic E-state index is 12.2. The van der Waals surface area contributed by atoms with Crippen molar-refractivity contribution in [2.75, 3.05) is 5.32 Å². The van der Waals surface area contributed by atoms with Crippen LogP contribution in [0.25, 0.3) is 11.4 Å². The van der Waals surface area contributed by atoms with Crippen molar-refractivity contribution in [1.82, 2.24) is 20.2 Å². The molecule has 0 radical (unpaired) electrons. The topological polar surface area (TPSA) is 72.7 Å². The normalized spacial score (nSPS) is 10.6. The van der Waals surface area contributed by atoms with Gasteiger partial charge >= 0.3 is 0 Å². The molecule has 8 heteroatoms. The fourth-order valence-electron chi connectivity index (χ4n) is 2.09. The van der Waals surface area contributed by atoms with Gasteiger partial charge in [-0.2, -0.15) is 4.80 Å². The Kier molecular flexibility index (Phi) is 4.78. The number of carbonyl (C=O) groups is 1. The van der Waals surface area contributed by atoms with E-state index in [0.29, 0.717) is 21.6 Å². The lowest BCUT2D eigenvalue weighted by atomic mass is 10.2. The second-order valence-corrected chi connectivity index (χ2v) is 5.90. The molecule has 0 bridgehead atoms. The summed E-state index contributed by atoms with van der Waals surface area (Å²) in [7, 11) is 0. The summed E-state index contributed by atoms with van der Waals surface area (Å²) in [6.45, 7) is 1.74. The number of rotatable bonds is 4. The lowest BCUT2D eigenvalue weighted by Gasteiger charge is -2.10. The van der Waals surface area contributed by atoms with Gasteiger partial charge in [0.2, 0.25) is 11.7 Å². The van der Waals surface area contributed by atoms with E-state index in [0.717, 1.165) is 11.1 Å². The molecular weight excluding hydrogens is 349 g/mol. The summed E-state index contributed by atoms with van der Waals surface area (Å²) < 4.78 is 0. The number of amides is 1. The van der Waals surface area contributed by atoms with Gasteiger partial charge in [-0.1, -0.05) is 59.6 Å². The van der Waals surface area contributed by atoms with E-state index < -0.39 is 0 Å². The molecule has 0 unspecified atom stereocenters. The molecule has 1 amide bonds. The van der Waals surface area contributed by atoms with Gasteiger partial charge in [-0.25, -0.2) is 0 Å². The third kappa shape index (κ3) is 3.55. The fourth-order valence-corrected chi connectivity index (χ4v) is 2.56. The summed E-state index contributed by atoms with van der Waals surface area (Å²) in [6.07, 6.45) is 0. The zero-order chi connectivity index (χ0) is 17.1. The molecule has 0 atom stereocenters. The van der Waals surface area contributed by atoms with Gasteiger partial charge in [0.1, 0.15) is 6.54 Å². The van der Waals surface area contributed by atoms with Gasteiger partial charge in [0.15, 0.2) is 0 Å². The molecule has 1 aromatic heterocycles. The Hall–Kier alpha value is -2.44. The van der Waals surface area contributed by atoms with Crippen molar-refractivity contribution >= 4 is 34.8 Å². The number of hydrogen-bond donors (Lipinski definition) is 1. The molecule has 0 aliphatic heterocycles. The van der Waals surface area contributed by atoms with Crippen LogP contribution in [0.5, 0.6) is 0 Å². The predicted octanol–water partition coefficient (Wildman–Crippen LogP) is 3.59. The van der Waals surface area contributed by atoms with Crippen LogP contribution in [0.1, 0.15) is 5.56 Å². The first-order chi connectivity index (χ1) is 11.5. The SMILES string of the molecule is Cc1ccc(Cl)c(NC(=O)Cn2nnc(-c3ccccc3)n2)c1Cl. The van der Waals surface area contributed by atoms with E-state index in [9.17, 15) is 4.79 Å². The van der Waals surface area contributed by atoms with Crippen LogP contribution in [-0.4, -0.2) is 26.1 Å². The molecular formula is C16H13Cl2N5O. The third-order valence-corrected chi connectivity index (χ3v) is 4.12. The Morgan fingerprint density at radius 1 is 1.17 bits per heavy atom. The van der Waals surface area contributed by atoms with E-state index in [1.165, 1.54) is 4.80 Å². The van der Waals surface area contributed by atoms with E-state index in [-0.39, 0.29) is 12.5 Å². The van der Waals surface area contributed by atoms with Gasteiger partial charge in [0, 0.05) is 5.56 Å². The minimum absolute atomic E-state index is 0.0968. The van der Waals surface area contributed by atoms with E-state index in [4.69, 9.17) is 23.2 Å². The van der Waals surface area contributed by atoms with Crippen LogP contribution < -0.4 is 5.32 Å². The molecule has 2 aromatic carbocycles. The second kappa shape index (κ2) is 6.98. The summed E-state index contributed by atoms with van der Waals surface area (Å²) in [6, 6.07) is 12.9. The molecule has 0 saturated carbocycles. The monoisotopic (exact) mass is 361 g/mol. The first-order valence-electron chi connectivity index (χ1n) is 7.12. The Balaban J connectivity index is 1.72. The van der Waals surface area contributed by atoms with Crippen LogP contribution in [-0.2, 0) is 11.3 Å². The molecule has 0 aliphatic carbocycles.